The molecule has 0 amide bonds. The maximum atomic E-state index is 12.9. The highest BCUT2D eigenvalue weighted by atomic mass is 19.4. The Bertz CT molecular complexity index is 693. The van der Waals surface area contributed by atoms with Crippen LogP contribution in [0.4, 0.5) is 19.0 Å². The van der Waals surface area contributed by atoms with Gasteiger partial charge in [0.05, 0.1) is 25.9 Å². The molecule has 2 aromatic rings. The third-order valence-electron chi connectivity index (χ3n) is 3.37. The fourth-order valence-electron chi connectivity index (χ4n) is 2.15. The molecule has 0 spiro atoms. The molecule has 24 heavy (non-hydrogen) atoms. The molecule has 0 aliphatic carbocycles. The molecule has 0 aliphatic rings. The van der Waals surface area contributed by atoms with E-state index in [1.807, 2.05) is 0 Å². The number of aliphatic hydroxyl groups is 1. The number of aliphatic hydroxyl groups excluding tert-OH is 1. The Balaban J connectivity index is 2.13. The minimum absolute atomic E-state index is 0.143. The second-order valence-electron chi connectivity index (χ2n) is 4.91. The molecule has 1 aromatic heterocycles. The van der Waals surface area contributed by atoms with Crippen LogP contribution in [0.25, 0.3) is 0 Å². The molecular weight excluding hydrogens is 325 g/mol. The average molecular weight is 342 g/mol. The summed E-state index contributed by atoms with van der Waals surface area (Å²) in [6.07, 6.45) is -4.32. The number of nitrogens with zero attached hydrogens (tertiary/aromatic N) is 1. The number of nitrogens with one attached hydrogen (secondary N) is 1. The van der Waals surface area contributed by atoms with Crippen molar-refractivity contribution in [1.29, 1.82) is 0 Å². The van der Waals surface area contributed by atoms with Gasteiger partial charge in [-0.2, -0.15) is 13.2 Å². The van der Waals surface area contributed by atoms with Crippen LogP contribution in [0.5, 0.6) is 11.5 Å². The van der Waals surface area contributed by atoms with Gasteiger partial charge in [0.25, 0.3) is 0 Å². The van der Waals surface area contributed by atoms with Gasteiger partial charge in [0.15, 0.2) is 11.5 Å². The Morgan fingerprint density at radius 2 is 1.88 bits per heavy atom. The Morgan fingerprint density at radius 3 is 2.50 bits per heavy atom. The van der Waals surface area contributed by atoms with Crippen molar-refractivity contribution >= 4 is 5.82 Å². The number of hydrogen-bond donors (Lipinski definition) is 2. The van der Waals surface area contributed by atoms with Crippen molar-refractivity contribution in [3.63, 3.8) is 0 Å². The lowest BCUT2D eigenvalue weighted by atomic mass is 10.1. The van der Waals surface area contributed by atoms with Gasteiger partial charge in [-0.1, -0.05) is 6.07 Å². The molecule has 0 saturated heterocycles. The zero-order chi connectivity index (χ0) is 17.7. The van der Waals surface area contributed by atoms with Gasteiger partial charge in [-0.25, -0.2) is 4.98 Å². The second kappa shape index (κ2) is 7.39. The Kier molecular flexibility index (Phi) is 5.50. The number of pyridine rings is 1. The van der Waals surface area contributed by atoms with E-state index in [1.165, 1.54) is 26.5 Å². The van der Waals surface area contributed by atoms with Gasteiger partial charge in [0.1, 0.15) is 5.82 Å². The highest BCUT2D eigenvalue weighted by molar-refractivity contribution is 5.47. The molecule has 1 unspecified atom stereocenters. The van der Waals surface area contributed by atoms with Crippen LogP contribution in [0.2, 0.25) is 0 Å². The van der Waals surface area contributed by atoms with E-state index in [0.29, 0.717) is 17.1 Å². The van der Waals surface area contributed by atoms with Crippen LogP contribution in [0.3, 0.4) is 0 Å². The van der Waals surface area contributed by atoms with Crippen LogP contribution in [-0.4, -0.2) is 30.9 Å². The zero-order valence-corrected chi connectivity index (χ0v) is 13.1. The zero-order valence-electron chi connectivity index (χ0n) is 13.1. The van der Waals surface area contributed by atoms with Gasteiger partial charge >= 0.3 is 6.18 Å². The molecule has 1 heterocycles. The van der Waals surface area contributed by atoms with Crippen molar-refractivity contribution in [2.45, 2.75) is 12.3 Å². The van der Waals surface area contributed by atoms with Crippen molar-refractivity contribution < 1.29 is 27.8 Å². The summed E-state index contributed by atoms with van der Waals surface area (Å²) < 4.78 is 48.9. The lowest BCUT2D eigenvalue weighted by molar-refractivity contribution is -0.137. The summed E-state index contributed by atoms with van der Waals surface area (Å²) >= 11 is 0. The number of aromatic nitrogens is 1. The first-order chi connectivity index (χ1) is 11.4. The molecule has 5 nitrogen and oxygen atoms in total. The van der Waals surface area contributed by atoms with Gasteiger partial charge in [0.2, 0.25) is 0 Å². The minimum atomic E-state index is -4.52. The first-order valence-corrected chi connectivity index (χ1v) is 7.03. The van der Waals surface area contributed by atoms with Crippen LogP contribution >= 0.6 is 0 Å². The van der Waals surface area contributed by atoms with E-state index in [9.17, 15) is 18.3 Å². The van der Waals surface area contributed by atoms with E-state index in [2.05, 4.69) is 10.3 Å². The van der Waals surface area contributed by atoms with E-state index in [1.54, 1.807) is 18.2 Å². The average Bonchev–Trinajstić information content (AvgIpc) is 2.58. The fourth-order valence-corrected chi connectivity index (χ4v) is 2.15. The van der Waals surface area contributed by atoms with Gasteiger partial charge in [-0.3, -0.25) is 0 Å². The summed E-state index contributed by atoms with van der Waals surface area (Å²) in [6.45, 7) is -0.143. The molecule has 0 radical (unpaired) electrons. The first kappa shape index (κ1) is 17.9. The molecule has 0 bridgehead atoms. The molecule has 8 heteroatoms. The Morgan fingerprint density at radius 1 is 1.17 bits per heavy atom. The lowest BCUT2D eigenvalue weighted by Gasteiger charge is -2.17. The monoisotopic (exact) mass is 342 g/mol. The molecular formula is C16H17F3N2O3. The van der Waals surface area contributed by atoms with Gasteiger partial charge in [-0.15, -0.1) is 0 Å². The molecule has 0 aliphatic heterocycles. The molecule has 2 rings (SSSR count). The first-order valence-electron chi connectivity index (χ1n) is 7.03. The quantitative estimate of drug-likeness (QED) is 0.844. The third kappa shape index (κ3) is 4.08. The van der Waals surface area contributed by atoms with E-state index in [-0.39, 0.29) is 12.4 Å². The summed E-state index contributed by atoms with van der Waals surface area (Å²) in [7, 11) is 2.94. The van der Waals surface area contributed by atoms with Crippen molar-refractivity contribution in [2.75, 3.05) is 26.1 Å². The summed E-state index contributed by atoms with van der Waals surface area (Å²) in [5, 5.41) is 12.7. The summed E-state index contributed by atoms with van der Waals surface area (Å²) in [6, 6.07) is 6.92. The van der Waals surface area contributed by atoms with Crippen molar-refractivity contribution in [3.8, 4) is 11.5 Å². The van der Waals surface area contributed by atoms with Gasteiger partial charge in [0, 0.05) is 12.7 Å². The van der Waals surface area contributed by atoms with E-state index >= 15 is 0 Å². The number of ether oxygens (including phenoxy) is 2. The predicted molar refractivity (Wildman–Crippen MR) is 82.2 cm³/mol. The van der Waals surface area contributed by atoms with Crippen LogP contribution < -0.4 is 14.8 Å². The molecule has 1 aromatic carbocycles. The topological polar surface area (TPSA) is 63.6 Å². The fraction of sp³-hybridized carbons (Fsp3) is 0.312. The summed E-state index contributed by atoms with van der Waals surface area (Å²) in [4.78, 5) is 3.68. The van der Waals surface area contributed by atoms with E-state index in [4.69, 9.17) is 9.47 Å². The summed E-state index contributed by atoms with van der Waals surface area (Å²) in [5.41, 5.74) is -0.408. The predicted octanol–water partition coefficient (Wildman–Crippen LogP) is 3.26. The maximum absolute atomic E-state index is 12.9. The summed E-state index contributed by atoms with van der Waals surface area (Å²) in [5.74, 6) is 0.581. The molecule has 2 N–H and O–H groups in total. The minimum Gasteiger partial charge on any atom is -0.493 e. The lowest BCUT2D eigenvalue weighted by Crippen LogP contribution is -2.17. The number of benzene rings is 1. The number of rotatable bonds is 6. The van der Waals surface area contributed by atoms with Crippen LogP contribution in [0.1, 0.15) is 17.2 Å². The van der Waals surface area contributed by atoms with E-state index < -0.39 is 17.8 Å². The van der Waals surface area contributed by atoms with Crippen LogP contribution in [0.15, 0.2) is 36.5 Å². The van der Waals surface area contributed by atoms with Crippen LogP contribution in [-0.2, 0) is 6.18 Å². The number of halogens is 3. The van der Waals surface area contributed by atoms with Crippen molar-refractivity contribution in [3.05, 3.63) is 47.7 Å². The second-order valence-corrected chi connectivity index (χ2v) is 4.91. The third-order valence-corrected chi connectivity index (χ3v) is 3.37. The Hall–Kier alpha value is -2.48. The van der Waals surface area contributed by atoms with E-state index in [0.717, 1.165) is 6.07 Å². The highest BCUT2D eigenvalue weighted by Gasteiger charge is 2.34. The Labute approximate surface area is 137 Å². The van der Waals surface area contributed by atoms with Crippen LogP contribution in [0, 0.1) is 0 Å². The number of methoxy groups -OCH3 is 2. The smallest absolute Gasteiger partial charge is 0.419 e. The standard InChI is InChI=1S/C16H17F3N2O3/c1-23-13-6-5-10(8-14(13)24-2)12(22)9-21-15-11(16(17,18)19)4-3-7-20-15/h3-8,12,22H,9H2,1-2H3,(H,20,21). The van der Waals surface area contributed by atoms with Gasteiger partial charge < -0.3 is 19.9 Å². The molecule has 130 valence electrons. The highest BCUT2D eigenvalue weighted by Crippen LogP contribution is 2.34. The maximum Gasteiger partial charge on any atom is 0.419 e. The molecule has 0 saturated carbocycles. The largest absolute Gasteiger partial charge is 0.493 e. The number of hydrogen-bond acceptors (Lipinski definition) is 5. The van der Waals surface area contributed by atoms with Crippen molar-refractivity contribution in [2.24, 2.45) is 0 Å². The number of anilines is 1. The van der Waals surface area contributed by atoms with Crippen molar-refractivity contribution in [1.82, 2.24) is 4.98 Å². The SMILES string of the molecule is COc1ccc(C(O)CNc2ncccc2C(F)(F)F)cc1OC. The van der Waals surface area contributed by atoms with Gasteiger partial charge in [-0.05, 0) is 29.8 Å². The molecule has 0 fully saturated rings. The molecule has 1 atom stereocenters. The normalized spacial score (nSPS) is 12.6. The number of alkyl halides is 3.